The van der Waals surface area contributed by atoms with E-state index in [1.165, 1.54) is 17.6 Å². The Morgan fingerprint density at radius 3 is 2.71 bits per heavy atom. The van der Waals surface area contributed by atoms with Crippen molar-refractivity contribution in [3.05, 3.63) is 45.7 Å². The summed E-state index contributed by atoms with van der Waals surface area (Å²) in [7, 11) is 0. The van der Waals surface area contributed by atoms with E-state index < -0.39 is 0 Å². The lowest BCUT2D eigenvalue weighted by Gasteiger charge is -2.15. The number of hydrazine groups is 1. The van der Waals surface area contributed by atoms with Gasteiger partial charge in [0.2, 0.25) is 0 Å². The third-order valence-electron chi connectivity index (χ3n) is 2.64. The van der Waals surface area contributed by atoms with Crippen LogP contribution in [0.2, 0.25) is 0 Å². The van der Waals surface area contributed by atoms with Crippen molar-refractivity contribution in [3.63, 3.8) is 0 Å². The Balaban J connectivity index is 2.42. The molecule has 2 rings (SSSR count). The molecule has 1 atom stereocenters. The molecule has 0 aliphatic heterocycles. The van der Waals surface area contributed by atoms with Gasteiger partial charge >= 0.3 is 0 Å². The highest BCUT2D eigenvalue weighted by atomic mass is 32.1. The van der Waals surface area contributed by atoms with Crippen LogP contribution in [0, 0.1) is 19.7 Å². The second-order valence-electron chi connectivity index (χ2n) is 3.83. The van der Waals surface area contributed by atoms with Crippen LogP contribution >= 0.6 is 11.5 Å². The minimum Gasteiger partial charge on any atom is -0.271 e. The lowest BCUT2D eigenvalue weighted by atomic mass is 10.0. The molecule has 17 heavy (non-hydrogen) atoms. The maximum atomic E-state index is 13.5. The fourth-order valence-corrected chi connectivity index (χ4v) is 2.35. The van der Waals surface area contributed by atoms with Crippen LogP contribution in [0.15, 0.2) is 18.2 Å². The van der Waals surface area contributed by atoms with Crippen molar-refractivity contribution in [1.29, 1.82) is 0 Å². The maximum Gasteiger partial charge on any atom is 0.126 e. The molecule has 3 N–H and O–H groups in total. The van der Waals surface area contributed by atoms with Crippen LogP contribution in [0.1, 0.15) is 27.7 Å². The van der Waals surface area contributed by atoms with Crippen LogP contribution in [0.4, 0.5) is 4.39 Å². The molecule has 1 aromatic heterocycles. The summed E-state index contributed by atoms with van der Waals surface area (Å²) in [4.78, 5) is 0.899. The Morgan fingerprint density at radius 1 is 1.41 bits per heavy atom. The second-order valence-corrected chi connectivity index (χ2v) is 4.62. The van der Waals surface area contributed by atoms with Gasteiger partial charge in [0.25, 0.3) is 0 Å². The Hall–Kier alpha value is -1.37. The predicted octanol–water partition coefficient (Wildman–Crippen LogP) is 1.85. The van der Waals surface area contributed by atoms with Crippen LogP contribution in [-0.2, 0) is 0 Å². The van der Waals surface area contributed by atoms with Crippen molar-refractivity contribution < 1.29 is 4.39 Å². The van der Waals surface area contributed by atoms with Gasteiger partial charge in [0.15, 0.2) is 0 Å². The summed E-state index contributed by atoms with van der Waals surface area (Å²) < 4.78 is 17.4. The fourth-order valence-electron chi connectivity index (χ4n) is 1.61. The Labute approximate surface area is 103 Å². The molecule has 0 aliphatic rings. The number of nitrogens with zero attached hydrogens (tertiary/aromatic N) is 2. The molecule has 1 aromatic carbocycles. The van der Waals surface area contributed by atoms with E-state index in [-0.39, 0.29) is 11.9 Å². The molecule has 0 aliphatic carbocycles. The standard InChI is InChI=1S/C11H13FN4S/c1-6-3-4-8(5-9(6)12)10(14-13)11-7(2)15-16-17-11/h3-5,10,14H,13H2,1-2H3. The van der Waals surface area contributed by atoms with Crippen molar-refractivity contribution in [1.82, 2.24) is 15.0 Å². The van der Waals surface area contributed by atoms with Crippen LogP contribution in [-0.4, -0.2) is 9.59 Å². The molecule has 0 bridgehead atoms. The lowest BCUT2D eigenvalue weighted by Crippen LogP contribution is -2.28. The van der Waals surface area contributed by atoms with Gasteiger partial charge in [0.05, 0.1) is 16.6 Å². The molecule has 0 saturated heterocycles. The summed E-state index contributed by atoms with van der Waals surface area (Å²) in [5.74, 6) is 5.29. The Morgan fingerprint density at radius 2 is 2.18 bits per heavy atom. The molecular weight excluding hydrogens is 239 g/mol. The minimum absolute atomic E-state index is 0.238. The molecule has 0 spiro atoms. The average Bonchev–Trinajstić information content (AvgIpc) is 2.71. The number of halogens is 1. The van der Waals surface area contributed by atoms with Crippen molar-refractivity contribution in [3.8, 4) is 0 Å². The largest absolute Gasteiger partial charge is 0.271 e. The highest BCUT2D eigenvalue weighted by molar-refractivity contribution is 7.05. The van der Waals surface area contributed by atoms with E-state index in [1.807, 2.05) is 13.0 Å². The number of hydrogen-bond acceptors (Lipinski definition) is 5. The molecular formula is C11H13FN4S. The van der Waals surface area contributed by atoms with Crippen molar-refractivity contribution >= 4 is 11.5 Å². The van der Waals surface area contributed by atoms with Gasteiger partial charge in [-0.15, -0.1) is 5.10 Å². The second kappa shape index (κ2) is 4.87. The van der Waals surface area contributed by atoms with E-state index in [2.05, 4.69) is 15.0 Å². The average molecular weight is 252 g/mol. The summed E-state index contributed by atoms with van der Waals surface area (Å²) >= 11 is 1.26. The van der Waals surface area contributed by atoms with Gasteiger partial charge in [-0.25, -0.2) is 9.82 Å². The van der Waals surface area contributed by atoms with Gasteiger partial charge in [-0.1, -0.05) is 16.6 Å². The summed E-state index contributed by atoms with van der Waals surface area (Å²) in [6, 6.07) is 4.80. The van der Waals surface area contributed by atoms with E-state index in [4.69, 9.17) is 5.84 Å². The summed E-state index contributed by atoms with van der Waals surface area (Å²) in [5.41, 5.74) is 4.86. The third kappa shape index (κ3) is 2.33. The molecule has 0 radical (unpaired) electrons. The number of nitrogens with one attached hydrogen (secondary N) is 1. The van der Waals surface area contributed by atoms with Gasteiger partial charge in [0, 0.05) is 0 Å². The van der Waals surface area contributed by atoms with Crippen molar-refractivity contribution in [2.24, 2.45) is 5.84 Å². The van der Waals surface area contributed by atoms with Gasteiger partial charge in [-0.05, 0) is 42.6 Å². The van der Waals surface area contributed by atoms with Crippen LogP contribution in [0.5, 0.6) is 0 Å². The van der Waals surface area contributed by atoms with Crippen LogP contribution < -0.4 is 11.3 Å². The highest BCUT2D eigenvalue weighted by Gasteiger charge is 2.18. The van der Waals surface area contributed by atoms with E-state index in [0.29, 0.717) is 5.56 Å². The van der Waals surface area contributed by atoms with Gasteiger partial charge in [-0.3, -0.25) is 5.84 Å². The zero-order chi connectivity index (χ0) is 12.4. The minimum atomic E-state index is -0.273. The van der Waals surface area contributed by atoms with Gasteiger partial charge < -0.3 is 0 Å². The molecule has 90 valence electrons. The first-order valence-electron chi connectivity index (χ1n) is 5.14. The van der Waals surface area contributed by atoms with Crippen molar-refractivity contribution in [2.45, 2.75) is 19.9 Å². The number of aromatic nitrogens is 2. The first-order chi connectivity index (χ1) is 8.13. The smallest absolute Gasteiger partial charge is 0.126 e. The molecule has 0 saturated carbocycles. The van der Waals surface area contributed by atoms with Gasteiger partial charge in [-0.2, -0.15) is 0 Å². The normalized spacial score (nSPS) is 12.7. The number of aryl methyl sites for hydroxylation is 2. The highest BCUT2D eigenvalue weighted by Crippen LogP contribution is 2.26. The third-order valence-corrected chi connectivity index (χ3v) is 3.54. The number of hydrogen-bond donors (Lipinski definition) is 2. The molecule has 2 aromatic rings. The number of nitrogens with two attached hydrogens (primary N) is 1. The number of benzene rings is 1. The predicted molar refractivity (Wildman–Crippen MR) is 64.9 cm³/mol. The van der Waals surface area contributed by atoms with Gasteiger partial charge in [0.1, 0.15) is 5.82 Å². The first-order valence-corrected chi connectivity index (χ1v) is 5.92. The quantitative estimate of drug-likeness (QED) is 0.646. The zero-order valence-corrected chi connectivity index (χ0v) is 10.4. The zero-order valence-electron chi connectivity index (χ0n) is 9.57. The van der Waals surface area contributed by atoms with E-state index in [9.17, 15) is 4.39 Å². The Kier molecular flexibility index (Phi) is 3.46. The Bertz CT molecular complexity index is 526. The summed E-state index contributed by atoms with van der Waals surface area (Å²) in [5, 5.41) is 3.93. The molecule has 0 fully saturated rings. The monoisotopic (exact) mass is 252 g/mol. The first kappa shape index (κ1) is 12.1. The molecule has 1 heterocycles. The molecule has 6 heteroatoms. The summed E-state index contributed by atoms with van der Waals surface area (Å²) in [6.45, 7) is 3.58. The van der Waals surface area contributed by atoms with Crippen LogP contribution in [0.25, 0.3) is 0 Å². The SMILES string of the molecule is Cc1ccc(C(NN)c2snnc2C)cc1F. The lowest BCUT2D eigenvalue weighted by molar-refractivity contribution is 0.600. The number of rotatable bonds is 3. The van der Waals surface area contributed by atoms with E-state index >= 15 is 0 Å². The summed E-state index contributed by atoms with van der Waals surface area (Å²) in [6.07, 6.45) is 0. The molecule has 4 nitrogen and oxygen atoms in total. The van der Waals surface area contributed by atoms with E-state index in [1.54, 1.807) is 13.0 Å². The van der Waals surface area contributed by atoms with Crippen LogP contribution in [0.3, 0.4) is 0 Å². The maximum absolute atomic E-state index is 13.5. The topological polar surface area (TPSA) is 63.8 Å². The fraction of sp³-hybridized carbons (Fsp3) is 0.273. The molecule has 0 amide bonds. The molecule has 1 unspecified atom stereocenters. The van der Waals surface area contributed by atoms with Crippen molar-refractivity contribution in [2.75, 3.05) is 0 Å². The van der Waals surface area contributed by atoms with E-state index in [0.717, 1.165) is 16.1 Å².